The number of aliphatic carboxylic acids is 1. The fraction of sp³-hybridized carbons (Fsp3) is 0.833. The molecule has 4 heteroatoms. The lowest BCUT2D eigenvalue weighted by Gasteiger charge is -2.44. The van der Waals surface area contributed by atoms with Crippen LogP contribution in [0.2, 0.25) is 0 Å². The Hall–Kier alpha value is -1.06. The van der Waals surface area contributed by atoms with Crippen LogP contribution in [0.15, 0.2) is 0 Å². The van der Waals surface area contributed by atoms with Crippen molar-refractivity contribution in [3.05, 3.63) is 0 Å². The summed E-state index contributed by atoms with van der Waals surface area (Å²) < 4.78 is 4.96. The number of hydrogen-bond acceptors (Lipinski definition) is 3. The molecular formula is C12H20O4. The minimum Gasteiger partial charge on any atom is -0.480 e. The molecule has 0 aromatic rings. The molecule has 0 spiro atoms. The summed E-state index contributed by atoms with van der Waals surface area (Å²) in [5, 5.41) is 9.42. The molecule has 1 N–H and O–H groups in total. The average Bonchev–Trinajstić information content (AvgIpc) is 2.16. The van der Waals surface area contributed by atoms with E-state index < -0.39 is 22.8 Å². The summed E-state index contributed by atoms with van der Waals surface area (Å²) in [7, 11) is 0. The third kappa shape index (κ3) is 1.81. The van der Waals surface area contributed by atoms with Gasteiger partial charge in [-0.3, -0.25) is 9.59 Å². The molecule has 0 amide bonds. The highest BCUT2D eigenvalue weighted by molar-refractivity contribution is 6.00. The first kappa shape index (κ1) is 13.0. The fourth-order valence-electron chi connectivity index (χ4n) is 2.63. The average molecular weight is 228 g/mol. The Balaban J connectivity index is 3.12. The summed E-state index contributed by atoms with van der Waals surface area (Å²) in [4.78, 5) is 23.5. The molecule has 0 aliphatic heterocycles. The van der Waals surface area contributed by atoms with Crippen LogP contribution in [0.1, 0.15) is 46.5 Å². The van der Waals surface area contributed by atoms with Crippen LogP contribution in [0.5, 0.6) is 0 Å². The summed E-state index contributed by atoms with van der Waals surface area (Å²) >= 11 is 0. The van der Waals surface area contributed by atoms with Gasteiger partial charge in [0.25, 0.3) is 0 Å². The number of carboxylic acid groups (broad SMARTS) is 1. The molecule has 0 aromatic carbocycles. The molecule has 1 aliphatic carbocycles. The lowest BCUT2D eigenvalue weighted by atomic mass is 9.57. The maximum absolute atomic E-state index is 12.0. The summed E-state index contributed by atoms with van der Waals surface area (Å²) in [5.74, 6) is -1.62. The normalized spacial score (nSPS) is 28.4. The van der Waals surface area contributed by atoms with Crippen LogP contribution in [0.25, 0.3) is 0 Å². The van der Waals surface area contributed by atoms with Gasteiger partial charge in [0.1, 0.15) is 0 Å². The molecule has 0 saturated heterocycles. The highest BCUT2D eigenvalue weighted by Crippen LogP contribution is 2.51. The Morgan fingerprint density at radius 1 is 1.25 bits per heavy atom. The minimum atomic E-state index is -1.36. The fourth-order valence-corrected chi connectivity index (χ4v) is 2.63. The van der Waals surface area contributed by atoms with Gasteiger partial charge < -0.3 is 9.84 Å². The van der Waals surface area contributed by atoms with E-state index in [1.165, 1.54) is 0 Å². The summed E-state index contributed by atoms with van der Waals surface area (Å²) in [6.07, 6.45) is 2.88. The Bertz CT molecular complexity index is 295. The van der Waals surface area contributed by atoms with E-state index >= 15 is 0 Å². The number of hydrogen-bond donors (Lipinski definition) is 1. The lowest BCUT2D eigenvalue weighted by molar-refractivity contribution is -0.182. The van der Waals surface area contributed by atoms with Gasteiger partial charge >= 0.3 is 11.9 Å². The Kier molecular flexibility index (Phi) is 3.61. The highest BCUT2D eigenvalue weighted by Gasteiger charge is 2.59. The molecule has 1 saturated carbocycles. The maximum atomic E-state index is 12.0. The van der Waals surface area contributed by atoms with Crippen molar-refractivity contribution in [1.29, 1.82) is 0 Å². The Morgan fingerprint density at radius 2 is 1.81 bits per heavy atom. The van der Waals surface area contributed by atoms with Gasteiger partial charge in [-0.1, -0.05) is 26.7 Å². The molecule has 0 aromatic heterocycles. The molecule has 16 heavy (non-hydrogen) atoms. The van der Waals surface area contributed by atoms with Gasteiger partial charge in [-0.2, -0.15) is 0 Å². The first-order valence-electron chi connectivity index (χ1n) is 5.79. The zero-order chi connectivity index (χ0) is 12.4. The van der Waals surface area contributed by atoms with Crippen LogP contribution in [-0.4, -0.2) is 23.7 Å². The van der Waals surface area contributed by atoms with Crippen LogP contribution in [-0.2, 0) is 14.3 Å². The van der Waals surface area contributed by atoms with Crippen molar-refractivity contribution in [2.45, 2.75) is 46.5 Å². The number of rotatable bonds is 3. The molecule has 0 bridgehead atoms. The zero-order valence-electron chi connectivity index (χ0n) is 10.2. The van der Waals surface area contributed by atoms with Crippen molar-refractivity contribution in [1.82, 2.24) is 0 Å². The second-order valence-corrected chi connectivity index (χ2v) is 5.02. The van der Waals surface area contributed by atoms with Crippen LogP contribution in [0.3, 0.4) is 0 Å². The van der Waals surface area contributed by atoms with E-state index in [4.69, 9.17) is 4.74 Å². The van der Waals surface area contributed by atoms with Gasteiger partial charge in [0.05, 0.1) is 6.61 Å². The summed E-state index contributed by atoms with van der Waals surface area (Å²) in [5.41, 5.74) is -1.90. The summed E-state index contributed by atoms with van der Waals surface area (Å²) in [6.45, 7) is 5.61. The molecule has 92 valence electrons. The number of carbonyl (C=O) groups excluding carboxylic acids is 1. The van der Waals surface area contributed by atoms with Crippen LogP contribution >= 0.6 is 0 Å². The largest absolute Gasteiger partial charge is 0.480 e. The number of esters is 1. The third-order valence-electron chi connectivity index (χ3n) is 3.75. The predicted molar refractivity (Wildman–Crippen MR) is 59.0 cm³/mol. The molecule has 0 heterocycles. The monoisotopic (exact) mass is 228 g/mol. The highest BCUT2D eigenvalue weighted by atomic mass is 16.5. The number of carboxylic acids is 1. The standard InChI is InChI=1S/C12H20O4/c1-4-16-10(15)12(9(13)14)8-6-5-7-11(12,2)3/h4-8H2,1-3H3,(H,13,14). The van der Waals surface area contributed by atoms with Crippen molar-refractivity contribution in [2.24, 2.45) is 10.8 Å². The van der Waals surface area contributed by atoms with E-state index in [0.717, 1.165) is 19.3 Å². The molecule has 1 rings (SSSR count). The zero-order valence-corrected chi connectivity index (χ0v) is 10.2. The lowest BCUT2D eigenvalue weighted by Crippen LogP contribution is -2.53. The Morgan fingerprint density at radius 3 is 2.25 bits per heavy atom. The van der Waals surface area contributed by atoms with Crippen molar-refractivity contribution in [3.63, 3.8) is 0 Å². The van der Waals surface area contributed by atoms with Gasteiger partial charge in [-0.15, -0.1) is 0 Å². The van der Waals surface area contributed by atoms with E-state index in [2.05, 4.69) is 0 Å². The van der Waals surface area contributed by atoms with Crippen LogP contribution < -0.4 is 0 Å². The van der Waals surface area contributed by atoms with Crippen molar-refractivity contribution in [3.8, 4) is 0 Å². The minimum absolute atomic E-state index is 0.226. The maximum Gasteiger partial charge on any atom is 0.324 e. The van der Waals surface area contributed by atoms with Gasteiger partial charge in [0, 0.05) is 0 Å². The molecular weight excluding hydrogens is 208 g/mol. The van der Waals surface area contributed by atoms with E-state index in [9.17, 15) is 14.7 Å². The first-order chi connectivity index (χ1) is 7.38. The van der Waals surface area contributed by atoms with E-state index in [-0.39, 0.29) is 6.61 Å². The molecule has 1 atom stereocenters. The van der Waals surface area contributed by atoms with Gasteiger partial charge in [-0.25, -0.2) is 0 Å². The third-order valence-corrected chi connectivity index (χ3v) is 3.75. The molecule has 1 fully saturated rings. The van der Waals surface area contributed by atoms with E-state index in [1.54, 1.807) is 6.92 Å². The van der Waals surface area contributed by atoms with Crippen LogP contribution in [0.4, 0.5) is 0 Å². The number of ether oxygens (including phenoxy) is 1. The first-order valence-corrected chi connectivity index (χ1v) is 5.79. The van der Waals surface area contributed by atoms with Gasteiger partial charge in [-0.05, 0) is 25.2 Å². The van der Waals surface area contributed by atoms with Crippen LogP contribution in [0, 0.1) is 10.8 Å². The SMILES string of the molecule is CCOC(=O)C1(C(=O)O)CCCCC1(C)C. The van der Waals surface area contributed by atoms with Gasteiger partial charge in [0.15, 0.2) is 5.41 Å². The van der Waals surface area contributed by atoms with Crippen molar-refractivity contribution in [2.75, 3.05) is 6.61 Å². The summed E-state index contributed by atoms with van der Waals surface area (Å²) in [6, 6.07) is 0. The molecule has 1 unspecified atom stereocenters. The predicted octanol–water partition coefficient (Wildman–Crippen LogP) is 2.22. The second kappa shape index (κ2) is 4.44. The van der Waals surface area contributed by atoms with E-state index in [0.29, 0.717) is 6.42 Å². The molecule has 0 radical (unpaired) electrons. The second-order valence-electron chi connectivity index (χ2n) is 5.02. The van der Waals surface area contributed by atoms with Gasteiger partial charge in [0.2, 0.25) is 0 Å². The smallest absolute Gasteiger partial charge is 0.324 e. The number of carbonyl (C=O) groups is 2. The van der Waals surface area contributed by atoms with Crippen molar-refractivity contribution < 1.29 is 19.4 Å². The Labute approximate surface area is 96.0 Å². The molecule has 1 aliphatic rings. The van der Waals surface area contributed by atoms with E-state index in [1.807, 2.05) is 13.8 Å². The van der Waals surface area contributed by atoms with Crippen molar-refractivity contribution >= 4 is 11.9 Å². The quantitative estimate of drug-likeness (QED) is 0.594. The topological polar surface area (TPSA) is 63.6 Å². The molecule has 4 nitrogen and oxygen atoms in total.